The smallest absolute Gasteiger partial charge is 0.405 e. The standard InChI is InChI=1S/C26H24F3N7O2S/c27-26(28,29)24-35-19(23(39-24)32-15-10-4-5-11-15)20(30)38-25(31)36-21-22(37)33-17-13-7-6-12-16(17)18(34-21)14-8-2-1-3-9-14/h1-3,6-9,12-13,15,21,30,32H,4-5,10-11H2,(H2,31,36)(H,33,37). The lowest BCUT2D eigenvalue weighted by molar-refractivity contribution is -0.137. The number of aromatic nitrogens is 1. The number of amides is 1. The van der Waals surface area contributed by atoms with E-state index in [1.54, 1.807) is 12.1 Å². The zero-order chi connectivity index (χ0) is 27.6. The second-order valence-corrected chi connectivity index (χ2v) is 9.97. The summed E-state index contributed by atoms with van der Waals surface area (Å²) in [6.07, 6.45) is -2.54. The molecule has 1 unspecified atom stereocenters. The van der Waals surface area contributed by atoms with Crippen molar-refractivity contribution in [1.29, 1.82) is 5.41 Å². The van der Waals surface area contributed by atoms with E-state index in [-0.39, 0.29) is 16.7 Å². The summed E-state index contributed by atoms with van der Waals surface area (Å²) in [6, 6.07) is 15.7. The average molecular weight is 556 g/mol. The van der Waals surface area contributed by atoms with Crippen LogP contribution in [0.15, 0.2) is 64.6 Å². The molecule has 1 aliphatic carbocycles. The minimum Gasteiger partial charge on any atom is -0.405 e. The molecular weight excluding hydrogens is 531 g/mol. The fourth-order valence-electron chi connectivity index (χ4n) is 4.41. The van der Waals surface area contributed by atoms with Crippen LogP contribution in [0.5, 0.6) is 0 Å². The molecule has 3 aromatic rings. The predicted molar refractivity (Wildman–Crippen MR) is 143 cm³/mol. The van der Waals surface area contributed by atoms with Gasteiger partial charge in [-0.2, -0.15) is 18.2 Å². The van der Waals surface area contributed by atoms with Gasteiger partial charge in [-0.05, 0) is 18.9 Å². The number of ether oxygens (including phenoxy) is 1. The van der Waals surface area contributed by atoms with Crippen molar-refractivity contribution in [1.82, 2.24) is 4.98 Å². The zero-order valence-electron chi connectivity index (χ0n) is 20.5. The number of para-hydroxylation sites is 1. The lowest BCUT2D eigenvalue weighted by Crippen LogP contribution is -2.29. The second kappa shape index (κ2) is 10.8. The van der Waals surface area contributed by atoms with E-state index in [4.69, 9.17) is 15.9 Å². The van der Waals surface area contributed by atoms with Crippen molar-refractivity contribution < 1.29 is 22.7 Å². The van der Waals surface area contributed by atoms with Crippen LogP contribution < -0.4 is 16.4 Å². The summed E-state index contributed by atoms with van der Waals surface area (Å²) < 4.78 is 45.5. The van der Waals surface area contributed by atoms with Crippen molar-refractivity contribution >= 4 is 45.6 Å². The molecule has 1 aliphatic heterocycles. The molecule has 1 aromatic heterocycles. The third kappa shape index (κ3) is 5.93. The number of hydrogen-bond donors (Lipinski definition) is 4. The molecule has 13 heteroatoms. The minimum absolute atomic E-state index is 0.0221. The number of hydrogen-bond acceptors (Lipinski definition) is 8. The van der Waals surface area contributed by atoms with E-state index in [1.165, 1.54) is 0 Å². The number of anilines is 2. The highest BCUT2D eigenvalue weighted by molar-refractivity contribution is 7.16. The maximum Gasteiger partial charge on any atom is 0.443 e. The molecule has 202 valence electrons. The molecule has 2 aromatic carbocycles. The zero-order valence-corrected chi connectivity index (χ0v) is 21.3. The Morgan fingerprint density at radius 2 is 1.82 bits per heavy atom. The lowest BCUT2D eigenvalue weighted by Gasteiger charge is -2.13. The quantitative estimate of drug-likeness (QED) is 0.260. The molecule has 0 saturated heterocycles. The molecule has 39 heavy (non-hydrogen) atoms. The van der Waals surface area contributed by atoms with E-state index < -0.39 is 35.2 Å². The number of nitrogens with one attached hydrogen (secondary N) is 3. The summed E-state index contributed by atoms with van der Waals surface area (Å²) in [5.41, 5.74) is 8.01. The molecule has 9 nitrogen and oxygen atoms in total. The van der Waals surface area contributed by atoms with Crippen LogP contribution in [0.4, 0.5) is 23.9 Å². The largest absolute Gasteiger partial charge is 0.443 e. The molecule has 5 rings (SSSR count). The molecule has 1 amide bonds. The third-order valence-corrected chi connectivity index (χ3v) is 7.24. The molecule has 1 fully saturated rings. The van der Waals surface area contributed by atoms with Crippen LogP contribution in [-0.4, -0.2) is 40.7 Å². The lowest BCUT2D eigenvalue weighted by atomic mass is 10.0. The van der Waals surface area contributed by atoms with Gasteiger partial charge in [-0.1, -0.05) is 72.7 Å². The van der Waals surface area contributed by atoms with Crippen molar-refractivity contribution in [3.8, 4) is 0 Å². The Bertz CT molecular complexity index is 1450. The van der Waals surface area contributed by atoms with Gasteiger partial charge in [-0.25, -0.2) is 9.98 Å². The molecule has 0 spiro atoms. The number of nitrogens with zero attached hydrogens (tertiary/aromatic N) is 3. The number of rotatable bonds is 5. The molecule has 2 heterocycles. The summed E-state index contributed by atoms with van der Waals surface area (Å²) in [5, 5.41) is 13.1. The average Bonchev–Trinajstić information content (AvgIpc) is 3.55. The molecule has 0 radical (unpaired) electrons. The highest BCUT2D eigenvalue weighted by Gasteiger charge is 2.37. The van der Waals surface area contributed by atoms with Gasteiger partial charge >= 0.3 is 6.18 Å². The van der Waals surface area contributed by atoms with Gasteiger partial charge in [0.1, 0.15) is 5.00 Å². The van der Waals surface area contributed by atoms with Crippen LogP contribution in [0.3, 0.4) is 0 Å². The Morgan fingerprint density at radius 3 is 2.54 bits per heavy atom. The molecule has 2 aliphatic rings. The van der Waals surface area contributed by atoms with Gasteiger partial charge < -0.3 is 21.1 Å². The van der Waals surface area contributed by atoms with Gasteiger partial charge in [0.05, 0.1) is 11.4 Å². The van der Waals surface area contributed by atoms with Gasteiger partial charge in [0.25, 0.3) is 11.9 Å². The van der Waals surface area contributed by atoms with E-state index >= 15 is 0 Å². The molecule has 1 atom stereocenters. The van der Waals surface area contributed by atoms with E-state index in [0.717, 1.165) is 31.2 Å². The van der Waals surface area contributed by atoms with E-state index in [9.17, 15) is 18.0 Å². The summed E-state index contributed by atoms with van der Waals surface area (Å²) in [5.74, 6) is -1.32. The Hall–Kier alpha value is -4.26. The Balaban J connectivity index is 1.43. The number of carbonyl (C=O) groups is 1. The van der Waals surface area contributed by atoms with Crippen LogP contribution in [-0.2, 0) is 15.7 Å². The monoisotopic (exact) mass is 555 g/mol. The second-order valence-electron chi connectivity index (χ2n) is 8.97. The van der Waals surface area contributed by atoms with Crippen LogP contribution in [0.1, 0.15) is 47.5 Å². The number of carbonyl (C=O) groups excluding carboxylic acids is 1. The van der Waals surface area contributed by atoms with Crippen molar-refractivity contribution in [3.63, 3.8) is 0 Å². The first-order valence-corrected chi connectivity index (χ1v) is 13.0. The van der Waals surface area contributed by atoms with Gasteiger partial charge in [0.2, 0.25) is 17.1 Å². The van der Waals surface area contributed by atoms with Crippen LogP contribution in [0.2, 0.25) is 0 Å². The first-order chi connectivity index (χ1) is 18.7. The van der Waals surface area contributed by atoms with Gasteiger partial charge in [-0.3, -0.25) is 10.2 Å². The highest BCUT2D eigenvalue weighted by Crippen LogP contribution is 2.38. The molecular formula is C26H24F3N7O2S. The molecule has 5 N–H and O–H groups in total. The SMILES string of the molecule is N=C(OC(N)=NC1N=C(c2ccccc2)c2ccccc2NC1=O)c1nc(C(F)(F)F)sc1NC1CCCC1. The maximum absolute atomic E-state index is 13.4. The minimum atomic E-state index is -4.69. The molecule has 0 bridgehead atoms. The molecule has 1 saturated carbocycles. The number of fused-ring (bicyclic) bond motifs is 1. The third-order valence-electron chi connectivity index (χ3n) is 6.20. The van der Waals surface area contributed by atoms with Crippen molar-refractivity contribution in [2.24, 2.45) is 15.7 Å². The normalized spacial score (nSPS) is 18.1. The summed E-state index contributed by atoms with van der Waals surface area (Å²) >= 11 is 0.404. The fraction of sp³-hybridized carbons (Fsp3) is 0.269. The van der Waals surface area contributed by atoms with Crippen molar-refractivity contribution in [2.75, 3.05) is 10.6 Å². The van der Waals surface area contributed by atoms with Gasteiger partial charge in [0, 0.05) is 17.2 Å². The Kier molecular flexibility index (Phi) is 7.33. The van der Waals surface area contributed by atoms with Crippen molar-refractivity contribution in [2.45, 2.75) is 44.1 Å². The number of benzodiazepines with no additional fused rings is 1. The van der Waals surface area contributed by atoms with Gasteiger partial charge in [-0.15, -0.1) is 0 Å². The Morgan fingerprint density at radius 1 is 1.13 bits per heavy atom. The number of amidine groups is 1. The number of alkyl halides is 3. The number of halogens is 3. The number of thiazole rings is 1. The van der Waals surface area contributed by atoms with Crippen LogP contribution in [0, 0.1) is 5.41 Å². The summed E-state index contributed by atoms with van der Waals surface area (Å²) in [4.78, 5) is 25.1. The van der Waals surface area contributed by atoms with E-state index in [1.807, 2.05) is 42.5 Å². The maximum atomic E-state index is 13.4. The van der Waals surface area contributed by atoms with Crippen LogP contribution in [0.25, 0.3) is 0 Å². The Labute approximate surface area is 225 Å². The number of aliphatic imine (C=N–C) groups is 2. The topological polar surface area (TPSA) is 138 Å². The van der Waals surface area contributed by atoms with Crippen molar-refractivity contribution in [3.05, 3.63) is 76.4 Å². The highest BCUT2D eigenvalue weighted by atomic mass is 32.1. The summed E-state index contributed by atoms with van der Waals surface area (Å²) in [6.45, 7) is 0. The van der Waals surface area contributed by atoms with E-state index in [0.29, 0.717) is 28.3 Å². The fourth-order valence-corrected chi connectivity index (χ4v) is 5.31. The van der Waals surface area contributed by atoms with Gasteiger partial charge in [0.15, 0.2) is 5.69 Å². The van der Waals surface area contributed by atoms with Crippen LogP contribution >= 0.6 is 11.3 Å². The number of nitrogens with two attached hydrogens (primary N) is 1. The predicted octanol–water partition coefficient (Wildman–Crippen LogP) is 4.99. The first kappa shape index (κ1) is 26.4. The summed E-state index contributed by atoms with van der Waals surface area (Å²) in [7, 11) is 0. The number of benzene rings is 2. The van der Waals surface area contributed by atoms with E-state index in [2.05, 4.69) is 25.6 Å². The first-order valence-electron chi connectivity index (χ1n) is 12.2.